The molecule has 16 heavy (non-hydrogen) atoms. The van der Waals surface area contributed by atoms with Crippen LogP contribution in [-0.2, 0) is 14.9 Å². The van der Waals surface area contributed by atoms with Gasteiger partial charge in [0.1, 0.15) is 0 Å². The zero-order valence-electron chi connectivity index (χ0n) is 9.26. The average Bonchev–Trinajstić information content (AvgIpc) is 2.27. The van der Waals surface area contributed by atoms with E-state index in [1.807, 2.05) is 6.07 Å². The van der Waals surface area contributed by atoms with Gasteiger partial charge in [0.05, 0.1) is 23.6 Å². The van der Waals surface area contributed by atoms with Gasteiger partial charge >= 0.3 is 0 Å². The molecule has 0 radical (unpaired) electrons. The summed E-state index contributed by atoms with van der Waals surface area (Å²) in [5, 5.41) is 8.73. The molecule has 0 bridgehead atoms. The van der Waals surface area contributed by atoms with Crippen molar-refractivity contribution in [3.05, 3.63) is 29.3 Å². The Labute approximate surface area is 94.9 Å². The highest BCUT2D eigenvalue weighted by atomic mass is 32.2. The molecule has 6 heteroatoms. The molecule has 0 spiro atoms. The van der Waals surface area contributed by atoms with Gasteiger partial charge in [-0.1, -0.05) is 4.47 Å². The quantitative estimate of drug-likeness (QED) is 0.740. The van der Waals surface area contributed by atoms with E-state index in [4.69, 9.17) is 5.26 Å². The molecular formula is C10H12N2O3S. The third-order valence-corrected chi connectivity index (χ3v) is 3.89. The van der Waals surface area contributed by atoms with Crippen LogP contribution in [0.4, 0.5) is 0 Å². The van der Waals surface area contributed by atoms with Gasteiger partial charge in [-0.25, -0.2) is 8.42 Å². The van der Waals surface area contributed by atoms with Crippen LogP contribution in [0.5, 0.6) is 0 Å². The fraction of sp³-hybridized carbons (Fsp3) is 0.300. The van der Waals surface area contributed by atoms with Crippen LogP contribution < -0.4 is 0 Å². The maximum Gasteiger partial charge on any atom is 0.264 e. The van der Waals surface area contributed by atoms with Gasteiger partial charge in [-0.2, -0.15) is 5.26 Å². The summed E-state index contributed by atoms with van der Waals surface area (Å²) in [6, 6.07) is 6.29. The van der Waals surface area contributed by atoms with Crippen molar-refractivity contribution < 1.29 is 13.3 Å². The van der Waals surface area contributed by atoms with E-state index < -0.39 is 10.0 Å². The lowest BCUT2D eigenvalue weighted by Crippen LogP contribution is -2.25. The second-order valence-corrected chi connectivity index (χ2v) is 5.12. The topological polar surface area (TPSA) is 70.4 Å². The number of hydroxylamine groups is 1. The van der Waals surface area contributed by atoms with Gasteiger partial charge in [-0.3, -0.25) is 4.84 Å². The van der Waals surface area contributed by atoms with Gasteiger partial charge < -0.3 is 0 Å². The molecule has 0 N–H and O–H groups in total. The molecule has 86 valence electrons. The smallest absolute Gasteiger partial charge is 0.264 e. The molecule has 0 aliphatic carbocycles. The van der Waals surface area contributed by atoms with Gasteiger partial charge in [0.25, 0.3) is 10.0 Å². The molecule has 0 heterocycles. The van der Waals surface area contributed by atoms with Gasteiger partial charge in [-0.05, 0) is 30.7 Å². The molecule has 5 nitrogen and oxygen atoms in total. The lowest BCUT2D eigenvalue weighted by atomic mass is 10.1. The monoisotopic (exact) mass is 240 g/mol. The summed E-state index contributed by atoms with van der Waals surface area (Å²) >= 11 is 0. The molecule has 0 atom stereocenters. The van der Waals surface area contributed by atoms with Crippen molar-refractivity contribution in [3.8, 4) is 6.07 Å². The first-order chi connectivity index (χ1) is 7.43. The molecule has 0 aliphatic heterocycles. The van der Waals surface area contributed by atoms with Crippen molar-refractivity contribution >= 4 is 10.0 Å². The van der Waals surface area contributed by atoms with Crippen molar-refractivity contribution in [2.45, 2.75) is 11.8 Å². The van der Waals surface area contributed by atoms with Crippen LogP contribution in [0.3, 0.4) is 0 Å². The van der Waals surface area contributed by atoms with E-state index in [-0.39, 0.29) is 4.90 Å². The Morgan fingerprint density at radius 2 is 2.06 bits per heavy atom. The van der Waals surface area contributed by atoms with Gasteiger partial charge in [0, 0.05) is 7.05 Å². The molecule has 0 aromatic heterocycles. The average molecular weight is 240 g/mol. The summed E-state index contributed by atoms with van der Waals surface area (Å²) in [4.78, 5) is 4.75. The Kier molecular flexibility index (Phi) is 3.65. The van der Waals surface area contributed by atoms with E-state index in [2.05, 4.69) is 4.84 Å². The lowest BCUT2D eigenvalue weighted by molar-refractivity contribution is -0.0258. The zero-order chi connectivity index (χ0) is 12.3. The molecule has 0 unspecified atom stereocenters. The fourth-order valence-corrected chi connectivity index (χ4v) is 2.23. The third kappa shape index (κ3) is 2.22. The number of nitrogens with zero attached hydrogens (tertiary/aromatic N) is 2. The maximum atomic E-state index is 11.8. The lowest BCUT2D eigenvalue weighted by Gasteiger charge is -2.14. The van der Waals surface area contributed by atoms with Crippen molar-refractivity contribution in [2.24, 2.45) is 0 Å². The molecular weight excluding hydrogens is 228 g/mol. The standard InChI is InChI=1S/C10H12N2O3S/c1-8-6-10(5-4-9(8)7-11)16(13,14)12(2)15-3/h4-6H,1-3H3. The minimum atomic E-state index is -3.63. The molecule has 1 aromatic rings. The summed E-state index contributed by atoms with van der Waals surface area (Å²) in [6.07, 6.45) is 0. The second kappa shape index (κ2) is 4.61. The van der Waals surface area contributed by atoms with E-state index in [9.17, 15) is 8.42 Å². The highest BCUT2D eigenvalue weighted by Crippen LogP contribution is 2.17. The first kappa shape index (κ1) is 12.6. The van der Waals surface area contributed by atoms with Crippen molar-refractivity contribution in [1.82, 2.24) is 4.47 Å². The number of nitriles is 1. The number of aryl methyl sites for hydroxylation is 1. The second-order valence-electron chi connectivity index (χ2n) is 3.19. The van der Waals surface area contributed by atoms with E-state index in [0.717, 1.165) is 4.47 Å². The van der Waals surface area contributed by atoms with Gasteiger partial charge in [-0.15, -0.1) is 0 Å². The van der Waals surface area contributed by atoms with Crippen LogP contribution in [0.1, 0.15) is 11.1 Å². The predicted molar refractivity (Wildman–Crippen MR) is 57.9 cm³/mol. The molecule has 1 aromatic carbocycles. The number of sulfonamides is 1. The van der Waals surface area contributed by atoms with E-state index >= 15 is 0 Å². The summed E-state index contributed by atoms with van der Waals surface area (Å²) in [7, 11) is -1.05. The molecule has 1 rings (SSSR count). The van der Waals surface area contributed by atoms with Crippen molar-refractivity contribution in [3.63, 3.8) is 0 Å². The van der Waals surface area contributed by atoms with Crippen LogP contribution in [-0.4, -0.2) is 27.0 Å². The van der Waals surface area contributed by atoms with Crippen LogP contribution in [0.2, 0.25) is 0 Å². The van der Waals surface area contributed by atoms with Gasteiger partial charge in [0.15, 0.2) is 0 Å². The van der Waals surface area contributed by atoms with E-state index in [0.29, 0.717) is 11.1 Å². The predicted octanol–water partition coefficient (Wildman–Crippen LogP) is 1.05. The maximum absolute atomic E-state index is 11.8. The number of rotatable bonds is 3. The Balaban J connectivity index is 3.27. The first-order valence-corrected chi connectivity index (χ1v) is 5.91. The summed E-state index contributed by atoms with van der Waals surface area (Å²) in [5.74, 6) is 0. The Bertz CT molecular complexity index is 531. The van der Waals surface area contributed by atoms with Crippen molar-refractivity contribution in [1.29, 1.82) is 5.26 Å². The van der Waals surface area contributed by atoms with Crippen LogP contribution in [0, 0.1) is 18.3 Å². The van der Waals surface area contributed by atoms with Crippen LogP contribution in [0.25, 0.3) is 0 Å². The normalized spacial score (nSPS) is 11.4. The zero-order valence-corrected chi connectivity index (χ0v) is 10.1. The largest absolute Gasteiger partial charge is 0.288 e. The fourth-order valence-electron chi connectivity index (χ4n) is 1.17. The highest BCUT2D eigenvalue weighted by Gasteiger charge is 2.21. The van der Waals surface area contributed by atoms with Crippen LogP contribution >= 0.6 is 0 Å². The summed E-state index contributed by atoms with van der Waals surface area (Å²) in [5.41, 5.74) is 1.08. The molecule has 0 aliphatic rings. The Morgan fingerprint density at radius 1 is 1.44 bits per heavy atom. The molecule has 0 fully saturated rings. The van der Waals surface area contributed by atoms with Crippen LogP contribution in [0.15, 0.2) is 23.1 Å². The summed E-state index contributed by atoms with van der Waals surface area (Å²) in [6.45, 7) is 1.68. The minimum absolute atomic E-state index is 0.105. The minimum Gasteiger partial charge on any atom is -0.288 e. The molecule has 0 amide bonds. The Morgan fingerprint density at radius 3 is 2.50 bits per heavy atom. The Hall–Kier alpha value is -1.42. The third-order valence-electron chi connectivity index (χ3n) is 2.21. The highest BCUT2D eigenvalue weighted by molar-refractivity contribution is 7.89. The number of hydrogen-bond donors (Lipinski definition) is 0. The summed E-state index contributed by atoms with van der Waals surface area (Å²) < 4.78 is 24.4. The number of hydrogen-bond acceptors (Lipinski definition) is 4. The first-order valence-electron chi connectivity index (χ1n) is 4.47. The van der Waals surface area contributed by atoms with Gasteiger partial charge in [0.2, 0.25) is 0 Å². The molecule has 0 saturated carbocycles. The van der Waals surface area contributed by atoms with Crippen molar-refractivity contribution in [2.75, 3.05) is 14.2 Å². The molecule has 0 saturated heterocycles. The SMILES string of the molecule is CON(C)S(=O)(=O)c1ccc(C#N)c(C)c1. The number of benzene rings is 1. The van der Waals surface area contributed by atoms with E-state index in [1.54, 1.807) is 6.92 Å². The van der Waals surface area contributed by atoms with E-state index in [1.165, 1.54) is 32.4 Å².